The minimum atomic E-state index is -0.911. The van der Waals surface area contributed by atoms with E-state index in [9.17, 15) is 14.4 Å². The van der Waals surface area contributed by atoms with Crippen LogP contribution in [0, 0.1) is 19.8 Å². The number of nitrogens with one attached hydrogen (secondary N) is 1. The van der Waals surface area contributed by atoms with E-state index in [1.807, 2.05) is 0 Å². The Labute approximate surface area is 116 Å². The van der Waals surface area contributed by atoms with E-state index < -0.39 is 23.4 Å². The maximum atomic E-state index is 12.0. The smallest absolute Gasteiger partial charge is 0.306 e. The molecule has 1 aromatic rings. The number of aliphatic carboxylic acids is 1. The van der Waals surface area contributed by atoms with Crippen molar-refractivity contribution in [2.75, 3.05) is 6.54 Å². The van der Waals surface area contributed by atoms with Gasteiger partial charge in [-0.05, 0) is 25.8 Å². The zero-order valence-electron chi connectivity index (χ0n) is 12.1. The number of hydrogen-bond donors (Lipinski definition) is 2. The summed E-state index contributed by atoms with van der Waals surface area (Å²) in [5, 5.41) is 15.3. The van der Waals surface area contributed by atoms with Crippen LogP contribution < -0.4 is 10.9 Å². The number of hydrogen-bond acceptors (Lipinski definition) is 4. The van der Waals surface area contributed by atoms with Gasteiger partial charge < -0.3 is 10.4 Å². The van der Waals surface area contributed by atoms with Crippen molar-refractivity contribution in [1.82, 2.24) is 15.1 Å². The monoisotopic (exact) mass is 281 g/mol. The van der Waals surface area contributed by atoms with Crippen molar-refractivity contribution in [3.8, 4) is 0 Å². The second-order valence-electron chi connectivity index (χ2n) is 4.80. The molecule has 0 saturated heterocycles. The topological polar surface area (TPSA) is 101 Å². The van der Waals surface area contributed by atoms with E-state index in [-0.39, 0.29) is 12.1 Å². The van der Waals surface area contributed by atoms with Crippen LogP contribution in [0.5, 0.6) is 0 Å². The van der Waals surface area contributed by atoms with E-state index in [0.29, 0.717) is 17.7 Å². The van der Waals surface area contributed by atoms with Gasteiger partial charge in [-0.15, -0.1) is 0 Å². The number of carboxylic acid groups (broad SMARTS) is 1. The van der Waals surface area contributed by atoms with Crippen molar-refractivity contribution in [2.45, 2.75) is 27.2 Å². The molecule has 1 amide bonds. The predicted octanol–water partition coefficient (Wildman–Crippen LogP) is 0.238. The molecule has 0 saturated carbocycles. The molecule has 0 fully saturated rings. The Morgan fingerprint density at radius 2 is 2.00 bits per heavy atom. The molecule has 0 bridgehead atoms. The summed E-state index contributed by atoms with van der Waals surface area (Å²) in [6, 6.07) is 0. The predicted molar refractivity (Wildman–Crippen MR) is 72.7 cm³/mol. The highest BCUT2D eigenvalue weighted by Gasteiger charge is 2.18. The molecule has 2 N–H and O–H groups in total. The fourth-order valence-corrected chi connectivity index (χ4v) is 1.73. The Kier molecular flexibility index (Phi) is 5.01. The molecule has 0 aliphatic rings. The van der Waals surface area contributed by atoms with Gasteiger partial charge >= 0.3 is 5.97 Å². The Morgan fingerprint density at radius 3 is 2.55 bits per heavy atom. The Bertz CT molecular complexity index is 592. The van der Waals surface area contributed by atoms with E-state index in [1.54, 1.807) is 20.8 Å². The molecule has 1 rings (SSSR count). The molecule has 0 aliphatic heterocycles. The van der Waals surface area contributed by atoms with Crippen LogP contribution in [0.3, 0.4) is 0 Å². The summed E-state index contributed by atoms with van der Waals surface area (Å²) in [7, 11) is 1.48. The van der Waals surface area contributed by atoms with Gasteiger partial charge in [0.25, 0.3) is 11.5 Å². The number of amides is 1. The van der Waals surface area contributed by atoms with Crippen molar-refractivity contribution >= 4 is 11.9 Å². The van der Waals surface area contributed by atoms with E-state index in [0.717, 1.165) is 4.68 Å². The molecule has 0 spiro atoms. The van der Waals surface area contributed by atoms with Crippen molar-refractivity contribution in [1.29, 1.82) is 0 Å². The lowest BCUT2D eigenvalue weighted by Crippen LogP contribution is -2.36. The van der Waals surface area contributed by atoms with Gasteiger partial charge in [0.05, 0.1) is 11.6 Å². The number of nitrogens with zero attached hydrogens (tertiary/aromatic N) is 2. The molecule has 1 unspecified atom stereocenters. The normalized spacial score (nSPS) is 12.0. The van der Waals surface area contributed by atoms with Gasteiger partial charge in [0, 0.05) is 13.6 Å². The zero-order valence-corrected chi connectivity index (χ0v) is 12.1. The van der Waals surface area contributed by atoms with Crippen LogP contribution >= 0.6 is 0 Å². The number of carbonyl (C=O) groups excluding carboxylic acids is 1. The SMILES string of the molecule is Cc1nn(C)c(=O)c(C(=O)NCCC(C)C(=O)O)c1C. The lowest BCUT2D eigenvalue weighted by Gasteiger charge is -2.11. The highest BCUT2D eigenvalue weighted by molar-refractivity contribution is 5.95. The van der Waals surface area contributed by atoms with Crippen LogP contribution in [-0.2, 0) is 11.8 Å². The molecule has 0 radical (unpaired) electrons. The minimum Gasteiger partial charge on any atom is -0.481 e. The van der Waals surface area contributed by atoms with Crippen molar-refractivity contribution in [3.63, 3.8) is 0 Å². The van der Waals surface area contributed by atoms with E-state index in [2.05, 4.69) is 10.4 Å². The summed E-state index contributed by atoms with van der Waals surface area (Å²) in [6.07, 6.45) is 0.310. The molecule has 0 aromatic carbocycles. The molecule has 1 aromatic heterocycles. The standard InChI is InChI=1S/C13H19N3O4/c1-7(13(19)20)5-6-14-11(17)10-8(2)9(3)15-16(4)12(10)18/h7H,5-6H2,1-4H3,(H,14,17)(H,19,20). The first-order valence-corrected chi connectivity index (χ1v) is 6.31. The van der Waals surface area contributed by atoms with Crippen LogP contribution in [0.25, 0.3) is 0 Å². The maximum absolute atomic E-state index is 12.0. The van der Waals surface area contributed by atoms with Crippen LogP contribution in [-0.4, -0.2) is 33.3 Å². The Hall–Kier alpha value is -2.18. The number of aryl methyl sites for hydroxylation is 2. The van der Waals surface area contributed by atoms with Crippen LogP contribution in [0.4, 0.5) is 0 Å². The van der Waals surface area contributed by atoms with E-state index in [1.165, 1.54) is 7.05 Å². The highest BCUT2D eigenvalue weighted by atomic mass is 16.4. The van der Waals surface area contributed by atoms with Gasteiger partial charge in [-0.3, -0.25) is 14.4 Å². The first-order chi connectivity index (χ1) is 9.25. The summed E-state index contributed by atoms with van der Waals surface area (Å²) in [4.78, 5) is 34.6. The first kappa shape index (κ1) is 15.9. The molecule has 20 heavy (non-hydrogen) atoms. The van der Waals surface area contributed by atoms with Crippen LogP contribution in [0.15, 0.2) is 4.79 Å². The largest absolute Gasteiger partial charge is 0.481 e. The second-order valence-corrected chi connectivity index (χ2v) is 4.80. The lowest BCUT2D eigenvalue weighted by atomic mass is 10.1. The van der Waals surface area contributed by atoms with Gasteiger partial charge in [-0.2, -0.15) is 5.10 Å². The Balaban J connectivity index is 2.84. The summed E-state index contributed by atoms with van der Waals surface area (Å²) < 4.78 is 1.12. The van der Waals surface area contributed by atoms with E-state index in [4.69, 9.17) is 5.11 Å². The highest BCUT2D eigenvalue weighted by Crippen LogP contribution is 2.06. The third-order valence-electron chi connectivity index (χ3n) is 3.24. The van der Waals surface area contributed by atoms with Crippen molar-refractivity contribution in [3.05, 3.63) is 27.2 Å². The summed E-state index contributed by atoms with van der Waals surface area (Å²) in [5.74, 6) is -1.95. The maximum Gasteiger partial charge on any atom is 0.306 e. The van der Waals surface area contributed by atoms with E-state index >= 15 is 0 Å². The molecule has 1 atom stereocenters. The summed E-state index contributed by atoms with van der Waals surface area (Å²) >= 11 is 0. The van der Waals surface area contributed by atoms with Crippen LogP contribution in [0.2, 0.25) is 0 Å². The summed E-state index contributed by atoms with van der Waals surface area (Å²) in [5.41, 5.74) is 0.743. The van der Waals surface area contributed by atoms with Crippen molar-refractivity contribution < 1.29 is 14.7 Å². The minimum absolute atomic E-state index is 0.0583. The fourth-order valence-electron chi connectivity index (χ4n) is 1.73. The molecule has 1 heterocycles. The van der Waals surface area contributed by atoms with Gasteiger partial charge in [-0.1, -0.05) is 6.92 Å². The lowest BCUT2D eigenvalue weighted by molar-refractivity contribution is -0.141. The molecule has 7 heteroatoms. The average Bonchev–Trinajstić information content (AvgIpc) is 2.36. The number of carbonyl (C=O) groups is 2. The fraction of sp³-hybridized carbons (Fsp3) is 0.538. The third-order valence-corrected chi connectivity index (χ3v) is 3.24. The third kappa shape index (κ3) is 3.43. The van der Waals surface area contributed by atoms with Gasteiger partial charge in [0.15, 0.2) is 0 Å². The first-order valence-electron chi connectivity index (χ1n) is 6.31. The van der Waals surface area contributed by atoms with Gasteiger partial charge in [0.2, 0.25) is 0 Å². The van der Waals surface area contributed by atoms with Crippen LogP contribution in [0.1, 0.15) is 35.0 Å². The molecule has 7 nitrogen and oxygen atoms in total. The number of rotatable bonds is 5. The summed E-state index contributed by atoms with van der Waals surface area (Å²) in [6.45, 7) is 5.15. The Morgan fingerprint density at radius 1 is 1.40 bits per heavy atom. The quantitative estimate of drug-likeness (QED) is 0.805. The zero-order chi connectivity index (χ0) is 15.4. The molecular formula is C13H19N3O4. The van der Waals surface area contributed by atoms with Gasteiger partial charge in [0.1, 0.15) is 5.56 Å². The van der Waals surface area contributed by atoms with Crippen molar-refractivity contribution in [2.24, 2.45) is 13.0 Å². The average molecular weight is 281 g/mol. The van der Waals surface area contributed by atoms with Gasteiger partial charge in [-0.25, -0.2) is 4.68 Å². The molecule has 110 valence electrons. The second kappa shape index (κ2) is 6.31. The number of carboxylic acids is 1. The molecular weight excluding hydrogens is 262 g/mol. The molecule has 0 aliphatic carbocycles. The number of aromatic nitrogens is 2.